The van der Waals surface area contributed by atoms with Crippen molar-refractivity contribution >= 4 is 23.2 Å². The van der Waals surface area contributed by atoms with Gasteiger partial charge in [-0.2, -0.15) is 0 Å². The molecule has 2 aromatic heterocycles. The maximum absolute atomic E-state index is 12.1. The molecule has 108 valence electrons. The first kappa shape index (κ1) is 14.9. The van der Waals surface area contributed by atoms with Crippen molar-refractivity contribution in [3.05, 3.63) is 35.2 Å². The minimum Gasteiger partial charge on any atom is -0.348 e. The molecule has 1 amide bonds. The van der Waals surface area contributed by atoms with E-state index < -0.39 is 0 Å². The molecule has 0 saturated heterocycles. The number of pyridine rings is 1. The van der Waals surface area contributed by atoms with Gasteiger partial charge in [-0.05, 0) is 25.5 Å². The molecule has 0 radical (unpaired) electrons. The molecule has 2 rings (SSSR count). The Balaban J connectivity index is 2.00. The first-order valence-corrected chi connectivity index (χ1v) is 7.43. The summed E-state index contributed by atoms with van der Waals surface area (Å²) in [6, 6.07) is 3.73. The van der Waals surface area contributed by atoms with Crippen LogP contribution in [0.25, 0.3) is 5.65 Å². The minimum absolute atomic E-state index is 0.131. The van der Waals surface area contributed by atoms with Crippen LogP contribution in [0.4, 0.5) is 0 Å². The molecule has 4 nitrogen and oxygen atoms in total. The lowest BCUT2D eigenvalue weighted by molar-refractivity contribution is 0.0933. The fraction of sp³-hybridized carbons (Fsp3) is 0.467. The third-order valence-corrected chi connectivity index (χ3v) is 3.49. The Kier molecular flexibility index (Phi) is 5.01. The maximum atomic E-state index is 12.1. The van der Waals surface area contributed by atoms with E-state index in [1.807, 2.05) is 6.92 Å². The van der Waals surface area contributed by atoms with E-state index in [1.54, 1.807) is 28.9 Å². The molecular formula is C15H20ClN3O. The van der Waals surface area contributed by atoms with Gasteiger partial charge in [0.15, 0.2) is 0 Å². The lowest BCUT2D eigenvalue weighted by Gasteiger charge is -2.12. The van der Waals surface area contributed by atoms with Gasteiger partial charge in [-0.1, -0.05) is 37.8 Å². The Labute approximate surface area is 124 Å². The van der Waals surface area contributed by atoms with Crippen molar-refractivity contribution in [2.45, 2.75) is 45.6 Å². The van der Waals surface area contributed by atoms with Gasteiger partial charge in [-0.15, -0.1) is 0 Å². The van der Waals surface area contributed by atoms with Crippen LogP contribution in [-0.4, -0.2) is 21.3 Å². The van der Waals surface area contributed by atoms with Gasteiger partial charge in [-0.25, -0.2) is 4.98 Å². The van der Waals surface area contributed by atoms with E-state index >= 15 is 0 Å². The highest BCUT2D eigenvalue weighted by atomic mass is 35.5. The number of amides is 1. The van der Waals surface area contributed by atoms with Crippen LogP contribution in [0.15, 0.2) is 24.5 Å². The molecule has 0 aliphatic carbocycles. The molecule has 2 aromatic rings. The fourth-order valence-corrected chi connectivity index (χ4v) is 2.31. The summed E-state index contributed by atoms with van der Waals surface area (Å²) in [6.07, 6.45) is 7.97. The third-order valence-electron chi connectivity index (χ3n) is 3.27. The first-order chi connectivity index (χ1) is 9.60. The molecule has 1 atom stereocenters. The number of nitrogens with one attached hydrogen (secondary N) is 1. The highest BCUT2D eigenvalue weighted by molar-refractivity contribution is 6.30. The predicted octanol–water partition coefficient (Wildman–Crippen LogP) is 3.69. The first-order valence-electron chi connectivity index (χ1n) is 7.05. The Bertz CT molecular complexity index is 594. The average Bonchev–Trinajstić information content (AvgIpc) is 2.82. The summed E-state index contributed by atoms with van der Waals surface area (Å²) < 4.78 is 1.76. The number of imidazole rings is 1. The summed E-state index contributed by atoms with van der Waals surface area (Å²) in [6.45, 7) is 4.20. The predicted molar refractivity (Wildman–Crippen MR) is 81.3 cm³/mol. The second kappa shape index (κ2) is 6.75. The van der Waals surface area contributed by atoms with Gasteiger partial charge in [0.1, 0.15) is 11.3 Å². The second-order valence-electron chi connectivity index (χ2n) is 5.11. The van der Waals surface area contributed by atoms with Crippen molar-refractivity contribution in [3.63, 3.8) is 0 Å². The summed E-state index contributed by atoms with van der Waals surface area (Å²) in [7, 11) is 0. The molecule has 1 N–H and O–H groups in total. The molecule has 5 heteroatoms. The van der Waals surface area contributed by atoms with Crippen LogP contribution in [-0.2, 0) is 0 Å². The van der Waals surface area contributed by atoms with Gasteiger partial charge in [0.25, 0.3) is 5.91 Å². The number of carbonyl (C=O) groups excluding carboxylic acids is 1. The largest absolute Gasteiger partial charge is 0.348 e. The van der Waals surface area contributed by atoms with Crippen molar-refractivity contribution in [2.24, 2.45) is 0 Å². The number of hydrogen-bond donors (Lipinski definition) is 1. The van der Waals surface area contributed by atoms with E-state index in [9.17, 15) is 4.79 Å². The van der Waals surface area contributed by atoms with Crippen LogP contribution >= 0.6 is 11.6 Å². The quantitative estimate of drug-likeness (QED) is 0.826. The molecule has 0 aliphatic rings. The zero-order valence-corrected chi connectivity index (χ0v) is 12.7. The third kappa shape index (κ3) is 3.73. The zero-order chi connectivity index (χ0) is 14.5. The van der Waals surface area contributed by atoms with E-state index in [2.05, 4.69) is 17.2 Å². The molecule has 0 spiro atoms. The van der Waals surface area contributed by atoms with Gasteiger partial charge >= 0.3 is 0 Å². The highest BCUT2D eigenvalue weighted by Crippen LogP contribution is 2.12. The Hall–Kier alpha value is -1.55. The smallest absolute Gasteiger partial charge is 0.271 e. The van der Waals surface area contributed by atoms with Crippen molar-refractivity contribution in [1.82, 2.24) is 14.7 Å². The lowest BCUT2D eigenvalue weighted by atomic mass is 10.1. The summed E-state index contributed by atoms with van der Waals surface area (Å²) >= 11 is 5.91. The van der Waals surface area contributed by atoms with E-state index in [1.165, 1.54) is 12.8 Å². The number of hydrogen-bond acceptors (Lipinski definition) is 2. The fourth-order valence-electron chi connectivity index (χ4n) is 2.14. The molecule has 0 unspecified atom stereocenters. The van der Waals surface area contributed by atoms with Crippen LogP contribution in [0.2, 0.25) is 5.02 Å². The summed E-state index contributed by atoms with van der Waals surface area (Å²) in [5.74, 6) is -0.131. The summed E-state index contributed by atoms with van der Waals surface area (Å²) in [4.78, 5) is 16.4. The van der Waals surface area contributed by atoms with Gasteiger partial charge in [0.05, 0.1) is 5.02 Å². The van der Waals surface area contributed by atoms with Crippen LogP contribution in [0.5, 0.6) is 0 Å². The molecule has 0 saturated carbocycles. The number of fused-ring (bicyclic) bond motifs is 1. The Morgan fingerprint density at radius 1 is 1.40 bits per heavy atom. The molecule has 20 heavy (non-hydrogen) atoms. The van der Waals surface area contributed by atoms with E-state index in [0.29, 0.717) is 10.7 Å². The number of rotatable bonds is 6. The SMILES string of the molecule is CCCCC[C@@H](C)NC(=O)c1cn2cc(Cl)ccc2n1. The Morgan fingerprint density at radius 3 is 2.95 bits per heavy atom. The summed E-state index contributed by atoms with van der Waals surface area (Å²) in [5, 5.41) is 3.60. The van der Waals surface area contributed by atoms with Gasteiger partial charge < -0.3 is 9.72 Å². The van der Waals surface area contributed by atoms with E-state index in [0.717, 1.165) is 18.5 Å². The van der Waals surface area contributed by atoms with Crippen LogP contribution in [0.1, 0.15) is 50.0 Å². The van der Waals surface area contributed by atoms with Crippen molar-refractivity contribution < 1.29 is 4.79 Å². The monoisotopic (exact) mass is 293 g/mol. The molecule has 2 heterocycles. The van der Waals surface area contributed by atoms with E-state index in [4.69, 9.17) is 11.6 Å². The number of halogens is 1. The molecule has 0 fully saturated rings. The number of carbonyl (C=O) groups is 1. The number of aromatic nitrogens is 2. The molecular weight excluding hydrogens is 274 g/mol. The standard InChI is InChI=1S/C15H20ClN3O/c1-3-4-5-6-11(2)17-15(20)13-10-19-9-12(16)7-8-14(19)18-13/h7-11H,3-6H2,1-2H3,(H,17,20)/t11-/m1/s1. The highest BCUT2D eigenvalue weighted by Gasteiger charge is 2.13. The zero-order valence-electron chi connectivity index (χ0n) is 11.9. The van der Waals surface area contributed by atoms with Gasteiger partial charge in [0.2, 0.25) is 0 Å². The van der Waals surface area contributed by atoms with Crippen molar-refractivity contribution in [2.75, 3.05) is 0 Å². The van der Waals surface area contributed by atoms with Crippen molar-refractivity contribution in [3.8, 4) is 0 Å². The van der Waals surface area contributed by atoms with Crippen LogP contribution in [0, 0.1) is 0 Å². The Morgan fingerprint density at radius 2 is 2.20 bits per heavy atom. The topological polar surface area (TPSA) is 46.4 Å². The van der Waals surface area contributed by atoms with Crippen molar-refractivity contribution in [1.29, 1.82) is 0 Å². The average molecular weight is 294 g/mol. The molecule has 0 bridgehead atoms. The minimum atomic E-state index is -0.131. The van der Waals surface area contributed by atoms with Crippen LogP contribution in [0.3, 0.4) is 0 Å². The molecule has 0 aromatic carbocycles. The normalized spacial score (nSPS) is 12.6. The van der Waals surface area contributed by atoms with Gasteiger partial charge in [-0.3, -0.25) is 4.79 Å². The lowest BCUT2D eigenvalue weighted by Crippen LogP contribution is -2.32. The number of nitrogens with zero attached hydrogens (tertiary/aromatic N) is 2. The second-order valence-corrected chi connectivity index (χ2v) is 5.55. The number of unbranched alkanes of at least 4 members (excludes halogenated alkanes) is 2. The summed E-state index contributed by atoms with van der Waals surface area (Å²) in [5.41, 5.74) is 1.15. The van der Waals surface area contributed by atoms with E-state index in [-0.39, 0.29) is 11.9 Å². The molecule has 0 aliphatic heterocycles. The van der Waals surface area contributed by atoms with Crippen LogP contribution < -0.4 is 5.32 Å². The maximum Gasteiger partial charge on any atom is 0.271 e. The van der Waals surface area contributed by atoms with Gasteiger partial charge in [0, 0.05) is 18.4 Å².